The van der Waals surface area contributed by atoms with Crippen LogP contribution in [0.2, 0.25) is 0 Å². The van der Waals surface area contributed by atoms with Crippen LogP contribution in [0.1, 0.15) is 11.1 Å². The summed E-state index contributed by atoms with van der Waals surface area (Å²) in [6, 6.07) is 13.8. The van der Waals surface area contributed by atoms with Crippen molar-refractivity contribution in [2.24, 2.45) is 0 Å². The molecular formula is C14H15NO2. The summed E-state index contributed by atoms with van der Waals surface area (Å²) in [7, 11) is 1.67. The molecule has 88 valence electrons. The van der Waals surface area contributed by atoms with E-state index in [-0.39, 0.29) is 0 Å². The Balaban J connectivity index is 1.97. The summed E-state index contributed by atoms with van der Waals surface area (Å²) in [5.41, 5.74) is 2.19. The fourth-order valence-corrected chi connectivity index (χ4v) is 1.52. The van der Waals surface area contributed by atoms with Crippen molar-refractivity contribution in [1.82, 2.24) is 4.98 Å². The minimum Gasteiger partial charge on any atom is -0.473 e. The van der Waals surface area contributed by atoms with Gasteiger partial charge < -0.3 is 9.47 Å². The molecule has 0 aliphatic carbocycles. The summed E-state index contributed by atoms with van der Waals surface area (Å²) in [5.74, 6) is 0.628. The first-order valence-corrected chi connectivity index (χ1v) is 5.49. The lowest BCUT2D eigenvalue weighted by Crippen LogP contribution is -1.98. The van der Waals surface area contributed by atoms with Crippen molar-refractivity contribution in [2.75, 3.05) is 7.11 Å². The minimum atomic E-state index is 0.532. The lowest BCUT2D eigenvalue weighted by molar-refractivity contribution is 0.184. The lowest BCUT2D eigenvalue weighted by Gasteiger charge is -2.06. The quantitative estimate of drug-likeness (QED) is 0.790. The van der Waals surface area contributed by atoms with Crippen molar-refractivity contribution in [3.05, 3.63) is 59.8 Å². The van der Waals surface area contributed by atoms with Gasteiger partial charge in [-0.15, -0.1) is 0 Å². The number of rotatable bonds is 5. The maximum absolute atomic E-state index is 5.61. The second kappa shape index (κ2) is 6.01. The summed E-state index contributed by atoms with van der Waals surface area (Å²) in [5, 5.41) is 0. The highest BCUT2D eigenvalue weighted by Gasteiger charge is 1.99. The molecule has 0 radical (unpaired) electrons. The number of hydrogen-bond acceptors (Lipinski definition) is 3. The van der Waals surface area contributed by atoms with Gasteiger partial charge in [-0.2, -0.15) is 0 Å². The fourth-order valence-electron chi connectivity index (χ4n) is 1.52. The van der Waals surface area contributed by atoms with Crippen LogP contribution in [0.5, 0.6) is 5.88 Å². The molecule has 0 aliphatic rings. The van der Waals surface area contributed by atoms with Crippen LogP contribution in [0, 0.1) is 0 Å². The molecule has 0 fully saturated rings. The molecule has 0 saturated heterocycles. The average molecular weight is 229 g/mol. The summed E-state index contributed by atoms with van der Waals surface area (Å²) >= 11 is 0. The third-order valence-corrected chi connectivity index (χ3v) is 2.34. The standard InChI is InChI=1S/C14H15NO2/c1-16-10-13-7-8-15-14(9-13)17-11-12-5-3-2-4-6-12/h2-9H,10-11H2,1H3. The molecule has 0 aliphatic heterocycles. The van der Waals surface area contributed by atoms with Crippen molar-refractivity contribution >= 4 is 0 Å². The normalized spacial score (nSPS) is 10.2. The van der Waals surface area contributed by atoms with Crippen molar-refractivity contribution in [1.29, 1.82) is 0 Å². The van der Waals surface area contributed by atoms with Crippen LogP contribution in [-0.2, 0) is 18.0 Å². The highest BCUT2D eigenvalue weighted by molar-refractivity contribution is 5.21. The zero-order valence-corrected chi connectivity index (χ0v) is 9.80. The number of nitrogens with zero attached hydrogens (tertiary/aromatic N) is 1. The molecule has 1 aromatic carbocycles. The Labute approximate surface area is 101 Å². The topological polar surface area (TPSA) is 31.4 Å². The molecule has 0 bridgehead atoms. The van der Waals surface area contributed by atoms with Crippen molar-refractivity contribution < 1.29 is 9.47 Å². The number of benzene rings is 1. The molecule has 17 heavy (non-hydrogen) atoms. The van der Waals surface area contributed by atoms with Gasteiger partial charge in [0.05, 0.1) is 6.61 Å². The zero-order chi connectivity index (χ0) is 11.9. The molecule has 0 atom stereocenters. The molecule has 1 aromatic heterocycles. The van der Waals surface area contributed by atoms with Gasteiger partial charge in [-0.05, 0) is 17.2 Å². The first kappa shape index (κ1) is 11.6. The van der Waals surface area contributed by atoms with Crippen LogP contribution in [0.3, 0.4) is 0 Å². The third kappa shape index (κ3) is 3.57. The second-order valence-corrected chi connectivity index (χ2v) is 3.71. The van der Waals surface area contributed by atoms with E-state index in [9.17, 15) is 0 Å². The van der Waals surface area contributed by atoms with E-state index in [1.807, 2.05) is 42.5 Å². The van der Waals surface area contributed by atoms with E-state index in [0.29, 0.717) is 19.1 Å². The van der Waals surface area contributed by atoms with E-state index in [1.165, 1.54) is 0 Å². The second-order valence-electron chi connectivity index (χ2n) is 3.71. The molecule has 1 heterocycles. The van der Waals surface area contributed by atoms with Crippen molar-refractivity contribution in [3.63, 3.8) is 0 Å². The van der Waals surface area contributed by atoms with E-state index in [2.05, 4.69) is 4.98 Å². The van der Waals surface area contributed by atoms with E-state index in [4.69, 9.17) is 9.47 Å². The summed E-state index contributed by atoms with van der Waals surface area (Å²) in [4.78, 5) is 4.16. The van der Waals surface area contributed by atoms with E-state index in [1.54, 1.807) is 13.3 Å². The number of pyridine rings is 1. The largest absolute Gasteiger partial charge is 0.473 e. The van der Waals surface area contributed by atoms with E-state index >= 15 is 0 Å². The van der Waals surface area contributed by atoms with Crippen LogP contribution in [-0.4, -0.2) is 12.1 Å². The third-order valence-electron chi connectivity index (χ3n) is 2.34. The zero-order valence-electron chi connectivity index (χ0n) is 9.80. The Morgan fingerprint density at radius 1 is 1.00 bits per heavy atom. The molecule has 3 heteroatoms. The maximum Gasteiger partial charge on any atom is 0.213 e. The van der Waals surface area contributed by atoms with Gasteiger partial charge in [0.2, 0.25) is 5.88 Å². The molecule has 0 N–H and O–H groups in total. The average Bonchev–Trinajstić information content (AvgIpc) is 2.39. The Hall–Kier alpha value is -1.87. The predicted molar refractivity (Wildman–Crippen MR) is 65.7 cm³/mol. The Morgan fingerprint density at radius 3 is 2.59 bits per heavy atom. The summed E-state index contributed by atoms with van der Waals surface area (Å²) < 4.78 is 10.7. The molecule has 0 spiro atoms. The van der Waals surface area contributed by atoms with Crippen molar-refractivity contribution in [3.8, 4) is 5.88 Å². The van der Waals surface area contributed by atoms with Crippen LogP contribution in [0.4, 0.5) is 0 Å². The Bertz CT molecular complexity index is 457. The number of aromatic nitrogens is 1. The number of hydrogen-bond donors (Lipinski definition) is 0. The van der Waals surface area contributed by atoms with Gasteiger partial charge in [-0.3, -0.25) is 0 Å². The van der Waals surface area contributed by atoms with Gasteiger partial charge in [0.25, 0.3) is 0 Å². The lowest BCUT2D eigenvalue weighted by atomic mass is 10.2. The SMILES string of the molecule is COCc1ccnc(OCc2ccccc2)c1. The number of ether oxygens (including phenoxy) is 2. The molecular weight excluding hydrogens is 214 g/mol. The molecule has 2 rings (SSSR count). The van der Waals surface area contributed by atoms with Gasteiger partial charge in [-0.25, -0.2) is 4.98 Å². The van der Waals surface area contributed by atoms with Crippen LogP contribution >= 0.6 is 0 Å². The van der Waals surface area contributed by atoms with E-state index < -0.39 is 0 Å². The van der Waals surface area contributed by atoms with Gasteiger partial charge in [-0.1, -0.05) is 30.3 Å². The van der Waals surface area contributed by atoms with E-state index in [0.717, 1.165) is 11.1 Å². The monoisotopic (exact) mass is 229 g/mol. The molecule has 2 aromatic rings. The van der Waals surface area contributed by atoms with Gasteiger partial charge in [0, 0.05) is 19.4 Å². The molecule has 0 saturated carbocycles. The van der Waals surface area contributed by atoms with Gasteiger partial charge in [0.1, 0.15) is 6.61 Å². The summed E-state index contributed by atoms with van der Waals surface area (Å²) in [6.07, 6.45) is 1.73. The van der Waals surface area contributed by atoms with Crippen LogP contribution in [0.15, 0.2) is 48.7 Å². The van der Waals surface area contributed by atoms with Gasteiger partial charge >= 0.3 is 0 Å². The van der Waals surface area contributed by atoms with Gasteiger partial charge in [0.15, 0.2) is 0 Å². The fraction of sp³-hybridized carbons (Fsp3) is 0.214. The first-order chi connectivity index (χ1) is 8.38. The predicted octanol–water partition coefficient (Wildman–Crippen LogP) is 2.81. The highest BCUT2D eigenvalue weighted by atomic mass is 16.5. The maximum atomic E-state index is 5.61. The molecule has 0 amide bonds. The summed E-state index contributed by atoms with van der Waals surface area (Å²) in [6.45, 7) is 1.11. The Morgan fingerprint density at radius 2 is 1.82 bits per heavy atom. The number of methoxy groups -OCH3 is 1. The Kier molecular flexibility index (Phi) is 4.11. The first-order valence-electron chi connectivity index (χ1n) is 5.49. The molecule has 3 nitrogen and oxygen atoms in total. The highest BCUT2D eigenvalue weighted by Crippen LogP contribution is 2.12. The molecule has 0 unspecified atom stereocenters. The van der Waals surface area contributed by atoms with Crippen LogP contribution < -0.4 is 4.74 Å². The van der Waals surface area contributed by atoms with Crippen molar-refractivity contribution in [2.45, 2.75) is 13.2 Å². The van der Waals surface area contributed by atoms with Crippen LogP contribution in [0.25, 0.3) is 0 Å². The smallest absolute Gasteiger partial charge is 0.213 e. The minimum absolute atomic E-state index is 0.532.